The third kappa shape index (κ3) is 2.52. The van der Waals surface area contributed by atoms with Gasteiger partial charge in [0.25, 0.3) is 0 Å². The van der Waals surface area contributed by atoms with Crippen LogP contribution in [0.5, 0.6) is 11.5 Å². The van der Waals surface area contributed by atoms with E-state index in [9.17, 15) is 10.2 Å². The molecule has 1 aliphatic heterocycles. The molecule has 112 valence electrons. The monoisotopic (exact) mass is 289 g/mol. The Morgan fingerprint density at radius 1 is 1.33 bits per heavy atom. The van der Waals surface area contributed by atoms with Crippen molar-refractivity contribution >= 4 is 5.95 Å². The zero-order valence-electron chi connectivity index (χ0n) is 11.8. The lowest BCUT2D eigenvalue weighted by atomic mass is 9.99. The van der Waals surface area contributed by atoms with Gasteiger partial charge in [-0.2, -0.15) is 4.98 Å². The van der Waals surface area contributed by atoms with E-state index in [0.717, 1.165) is 19.4 Å². The highest BCUT2D eigenvalue weighted by atomic mass is 16.3. The lowest BCUT2D eigenvalue weighted by Gasteiger charge is -2.36. The van der Waals surface area contributed by atoms with Gasteiger partial charge in [-0.3, -0.25) is 5.10 Å². The molecule has 1 aromatic carbocycles. The Kier molecular flexibility index (Phi) is 3.42. The van der Waals surface area contributed by atoms with Crippen LogP contribution in [0.25, 0.3) is 11.4 Å². The summed E-state index contributed by atoms with van der Waals surface area (Å²) in [4.78, 5) is 6.56. The van der Waals surface area contributed by atoms with Crippen molar-refractivity contribution in [1.29, 1.82) is 0 Å². The predicted octanol–water partition coefficient (Wildman–Crippen LogP) is 1.20. The number of phenolic OH excluding ortho intramolecular Hbond substituents is 2. The standard InChI is InChI=1S/C14H19N5O2/c1-8-10(15)3-2-6-19(8)14-16-13(17-18-14)9-4-5-11(20)12(21)7-9/h4-5,7-8,10,20-21H,2-3,6,15H2,1H3,(H,16,17,18). The fraction of sp³-hybridized carbons (Fsp3) is 0.429. The van der Waals surface area contributed by atoms with Crippen LogP contribution in [0.1, 0.15) is 19.8 Å². The first-order valence-electron chi connectivity index (χ1n) is 7.03. The summed E-state index contributed by atoms with van der Waals surface area (Å²) in [6.45, 7) is 2.96. The lowest BCUT2D eigenvalue weighted by Crippen LogP contribution is -2.50. The third-order valence-electron chi connectivity index (χ3n) is 4.03. The van der Waals surface area contributed by atoms with Crippen molar-refractivity contribution in [1.82, 2.24) is 15.2 Å². The largest absolute Gasteiger partial charge is 0.504 e. The van der Waals surface area contributed by atoms with Crippen LogP contribution in [-0.2, 0) is 0 Å². The first kappa shape index (κ1) is 13.7. The Morgan fingerprint density at radius 3 is 2.90 bits per heavy atom. The highest BCUT2D eigenvalue weighted by Gasteiger charge is 2.27. The number of nitrogens with one attached hydrogen (secondary N) is 1. The van der Waals surface area contributed by atoms with Crippen LogP contribution >= 0.6 is 0 Å². The molecule has 3 rings (SSSR count). The number of hydrogen-bond acceptors (Lipinski definition) is 6. The number of piperidine rings is 1. The van der Waals surface area contributed by atoms with E-state index < -0.39 is 0 Å². The van der Waals surface area contributed by atoms with E-state index in [1.165, 1.54) is 12.1 Å². The summed E-state index contributed by atoms with van der Waals surface area (Å²) >= 11 is 0. The molecule has 0 aliphatic carbocycles. The molecule has 2 atom stereocenters. The molecular weight excluding hydrogens is 270 g/mol. The van der Waals surface area contributed by atoms with Gasteiger partial charge < -0.3 is 20.8 Å². The number of anilines is 1. The fourth-order valence-electron chi connectivity index (χ4n) is 2.64. The zero-order chi connectivity index (χ0) is 15.0. The van der Waals surface area contributed by atoms with Crippen LogP contribution in [0.15, 0.2) is 18.2 Å². The molecule has 1 aromatic heterocycles. The van der Waals surface area contributed by atoms with Crippen molar-refractivity contribution in [2.45, 2.75) is 31.8 Å². The number of nitrogens with two attached hydrogens (primary N) is 1. The molecule has 0 spiro atoms. The van der Waals surface area contributed by atoms with Gasteiger partial charge in [-0.25, -0.2) is 0 Å². The molecule has 0 saturated carbocycles. The topological polar surface area (TPSA) is 111 Å². The smallest absolute Gasteiger partial charge is 0.245 e. The van der Waals surface area contributed by atoms with Gasteiger partial charge >= 0.3 is 0 Å². The molecule has 2 heterocycles. The molecule has 1 fully saturated rings. The van der Waals surface area contributed by atoms with E-state index in [-0.39, 0.29) is 23.6 Å². The van der Waals surface area contributed by atoms with Crippen molar-refractivity contribution in [3.63, 3.8) is 0 Å². The highest BCUT2D eigenvalue weighted by molar-refractivity contribution is 5.61. The molecule has 7 heteroatoms. The van der Waals surface area contributed by atoms with Crippen molar-refractivity contribution in [3.8, 4) is 22.9 Å². The average Bonchev–Trinajstić information content (AvgIpc) is 2.94. The number of hydrogen-bond donors (Lipinski definition) is 4. The van der Waals surface area contributed by atoms with Gasteiger partial charge in [-0.1, -0.05) is 0 Å². The molecule has 1 aliphatic rings. The minimum Gasteiger partial charge on any atom is -0.504 e. The number of aromatic hydroxyl groups is 2. The second kappa shape index (κ2) is 5.25. The molecule has 0 bridgehead atoms. The second-order valence-electron chi connectivity index (χ2n) is 5.43. The quantitative estimate of drug-likeness (QED) is 0.618. The van der Waals surface area contributed by atoms with Gasteiger partial charge in [0.05, 0.1) is 0 Å². The fourth-order valence-corrected chi connectivity index (χ4v) is 2.64. The number of aromatic nitrogens is 3. The number of benzene rings is 1. The van der Waals surface area contributed by atoms with E-state index in [1.807, 2.05) is 0 Å². The first-order chi connectivity index (χ1) is 10.1. The van der Waals surface area contributed by atoms with Gasteiger partial charge in [0.15, 0.2) is 17.3 Å². The van der Waals surface area contributed by atoms with Gasteiger partial charge in [0, 0.05) is 24.2 Å². The van der Waals surface area contributed by atoms with Crippen LogP contribution in [0.4, 0.5) is 5.95 Å². The molecule has 0 amide bonds. The molecule has 2 aromatic rings. The Bertz CT molecular complexity index is 642. The van der Waals surface area contributed by atoms with Crippen LogP contribution in [0.2, 0.25) is 0 Å². The minimum atomic E-state index is -0.182. The van der Waals surface area contributed by atoms with Crippen molar-refractivity contribution < 1.29 is 10.2 Å². The van der Waals surface area contributed by atoms with Gasteiger partial charge in [-0.15, -0.1) is 5.10 Å². The van der Waals surface area contributed by atoms with Crippen LogP contribution in [0.3, 0.4) is 0 Å². The third-order valence-corrected chi connectivity index (χ3v) is 4.03. The minimum absolute atomic E-state index is 0.124. The Balaban J connectivity index is 1.87. The number of H-pyrrole nitrogens is 1. The highest BCUT2D eigenvalue weighted by Crippen LogP contribution is 2.30. The van der Waals surface area contributed by atoms with E-state index in [2.05, 4.69) is 27.0 Å². The summed E-state index contributed by atoms with van der Waals surface area (Å²) in [5, 5.41) is 26.0. The molecule has 21 heavy (non-hydrogen) atoms. The van der Waals surface area contributed by atoms with Gasteiger partial charge in [-0.05, 0) is 38.0 Å². The zero-order valence-corrected chi connectivity index (χ0v) is 11.8. The summed E-state index contributed by atoms with van der Waals surface area (Å²) in [5.41, 5.74) is 6.76. The maximum atomic E-state index is 9.55. The normalized spacial score (nSPS) is 22.5. The van der Waals surface area contributed by atoms with E-state index in [4.69, 9.17) is 5.73 Å². The Labute approximate surface area is 122 Å². The maximum Gasteiger partial charge on any atom is 0.245 e. The van der Waals surface area contributed by atoms with Crippen LogP contribution < -0.4 is 10.6 Å². The van der Waals surface area contributed by atoms with Crippen LogP contribution in [0, 0.1) is 0 Å². The van der Waals surface area contributed by atoms with E-state index >= 15 is 0 Å². The van der Waals surface area contributed by atoms with Gasteiger partial charge in [0.2, 0.25) is 5.95 Å². The molecular formula is C14H19N5O2. The van der Waals surface area contributed by atoms with E-state index in [1.54, 1.807) is 6.07 Å². The molecule has 0 radical (unpaired) electrons. The van der Waals surface area contributed by atoms with Crippen molar-refractivity contribution in [3.05, 3.63) is 18.2 Å². The Hall–Kier alpha value is -2.28. The molecule has 1 saturated heterocycles. The summed E-state index contributed by atoms with van der Waals surface area (Å²) in [5.74, 6) is 0.819. The summed E-state index contributed by atoms with van der Waals surface area (Å²) in [7, 11) is 0. The van der Waals surface area contributed by atoms with Crippen molar-refractivity contribution in [2.24, 2.45) is 5.73 Å². The SMILES string of the molecule is CC1C(N)CCCN1c1n[nH]c(-c2ccc(O)c(O)c2)n1. The first-order valence-corrected chi connectivity index (χ1v) is 7.03. The lowest BCUT2D eigenvalue weighted by molar-refractivity contribution is 0.404. The summed E-state index contributed by atoms with van der Waals surface area (Å²) in [6.07, 6.45) is 2.04. The predicted molar refractivity (Wildman–Crippen MR) is 79.2 cm³/mol. The Morgan fingerprint density at radius 2 is 2.14 bits per heavy atom. The molecule has 7 nitrogen and oxygen atoms in total. The van der Waals surface area contributed by atoms with Crippen molar-refractivity contribution in [2.75, 3.05) is 11.4 Å². The molecule has 2 unspecified atom stereocenters. The summed E-state index contributed by atoms with van der Waals surface area (Å²) < 4.78 is 0. The maximum absolute atomic E-state index is 9.55. The second-order valence-corrected chi connectivity index (χ2v) is 5.43. The van der Waals surface area contributed by atoms with E-state index in [0.29, 0.717) is 17.3 Å². The van der Waals surface area contributed by atoms with Crippen LogP contribution in [-0.4, -0.2) is 44.0 Å². The number of phenols is 2. The summed E-state index contributed by atoms with van der Waals surface area (Å²) in [6, 6.07) is 4.86. The van der Waals surface area contributed by atoms with Gasteiger partial charge in [0.1, 0.15) is 0 Å². The number of nitrogens with zero attached hydrogens (tertiary/aromatic N) is 3. The number of rotatable bonds is 2. The average molecular weight is 289 g/mol. The number of aromatic amines is 1. The molecule has 5 N–H and O–H groups in total.